The summed E-state index contributed by atoms with van der Waals surface area (Å²) in [4.78, 5) is 12.3. The SMILES string of the molecule is CC[C@H](C)c1ccccc1NC(=O)COc1ccc2cc(Br)ccc2c1. The van der Waals surface area contributed by atoms with Gasteiger partial charge in [0.15, 0.2) is 6.61 Å². The number of hydrogen-bond acceptors (Lipinski definition) is 2. The average molecular weight is 412 g/mol. The van der Waals surface area contributed by atoms with E-state index < -0.39 is 0 Å². The number of hydrogen-bond donors (Lipinski definition) is 1. The first-order valence-electron chi connectivity index (χ1n) is 8.77. The van der Waals surface area contributed by atoms with E-state index in [0.717, 1.165) is 32.9 Å². The maximum atomic E-state index is 12.3. The third-order valence-corrected chi connectivity index (χ3v) is 5.02. The van der Waals surface area contributed by atoms with Gasteiger partial charge in [0.2, 0.25) is 0 Å². The predicted molar refractivity (Wildman–Crippen MR) is 111 cm³/mol. The lowest BCUT2D eigenvalue weighted by Crippen LogP contribution is -2.21. The summed E-state index contributed by atoms with van der Waals surface area (Å²) >= 11 is 3.47. The maximum Gasteiger partial charge on any atom is 0.262 e. The highest BCUT2D eigenvalue weighted by Crippen LogP contribution is 2.27. The van der Waals surface area contributed by atoms with Crippen LogP contribution in [0.4, 0.5) is 5.69 Å². The highest BCUT2D eigenvalue weighted by Gasteiger charge is 2.11. The molecular weight excluding hydrogens is 390 g/mol. The molecule has 0 aliphatic heterocycles. The third-order valence-electron chi connectivity index (χ3n) is 4.52. The number of carbonyl (C=O) groups is 1. The number of para-hydroxylation sites is 1. The largest absolute Gasteiger partial charge is 0.484 e. The van der Waals surface area contributed by atoms with Crippen LogP contribution in [0.15, 0.2) is 65.1 Å². The van der Waals surface area contributed by atoms with Crippen LogP contribution in [-0.4, -0.2) is 12.5 Å². The molecule has 0 aliphatic rings. The van der Waals surface area contributed by atoms with E-state index in [2.05, 4.69) is 47.2 Å². The van der Waals surface area contributed by atoms with Crippen molar-refractivity contribution in [2.24, 2.45) is 0 Å². The van der Waals surface area contributed by atoms with Crippen LogP contribution in [-0.2, 0) is 4.79 Å². The van der Waals surface area contributed by atoms with Gasteiger partial charge in [-0.3, -0.25) is 4.79 Å². The van der Waals surface area contributed by atoms with Crippen LogP contribution in [0.5, 0.6) is 5.75 Å². The molecule has 3 aromatic rings. The Kier molecular flexibility index (Phi) is 5.94. The molecule has 26 heavy (non-hydrogen) atoms. The van der Waals surface area contributed by atoms with Crippen LogP contribution >= 0.6 is 15.9 Å². The van der Waals surface area contributed by atoms with Crippen LogP contribution in [0.3, 0.4) is 0 Å². The second-order valence-electron chi connectivity index (χ2n) is 6.39. The van der Waals surface area contributed by atoms with Crippen molar-refractivity contribution in [3.8, 4) is 5.75 Å². The van der Waals surface area contributed by atoms with Gasteiger partial charge in [-0.1, -0.05) is 60.1 Å². The van der Waals surface area contributed by atoms with E-state index in [4.69, 9.17) is 4.74 Å². The van der Waals surface area contributed by atoms with Gasteiger partial charge < -0.3 is 10.1 Å². The van der Waals surface area contributed by atoms with E-state index in [0.29, 0.717) is 11.7 Å². The smallest absolute Gasteiger partial charge is 0.262 e. The monoisotopic (exact) mass is 411 g/mol. The zero-order valence-electron chi connectivity index (χ0n) is 15.0. The molecule has 0 spiro atoms. The molecule has 1 amide bonds. The Hall–Kier alpha value is -2.33. The van der Waals surface area contributed by atoms with Gasteiger partial charge in [-0.25, -0.2) is 0 Å². The summed E-state index contributed by atoms with van der Waals surface area (Å²) in [5.41, 5.74) is 2.01. The van der Waals surface area contributed by atoms with Gasteiger partial charge in [-0.15, -0.1) is 0 Å². The Morgan fingerprint density at radius 2 is 1.81 bits per heavy atom. The number of ether oxygens (including phenoxy) is 1. The van der Waals surface area contributed by atoms with Crippen LogP contribution in [0.25, 0.3) is 10.8 Å². The fourth-order valence-corrected chi connectivity index (χ4v) is 3.26. The van der Waals surface area contributed by atoms with E-state index in [1.165, 1.54) is 0 Å². The first-order chi connectivity index (χ1) is 12.6. The molecule has 3 aromatic carbocycles. The molecule has 0 unspecified atom stereocenters. The standard InChI is InChI=1S/C22H22BrNO2/c1-3-15(2)20-6-4-5-7-21(20)24-22(25)14-26-19-11-9-16-12-18(23)10-8-17(16)13-19/h4-13,15H,3,14H2,1-2H3,(H,24,25)/t15-/m0/s1. The molecule has 0 aromatic heterocycles. The van der Waals surface area contributed by atoms with Crippen molar-refractivity contribution in [1.29, 1.82) is 0 Å². The fraction of sp³-hybridized carbons (Fsp3) is 0.227. The second kappa shape index (κ2) is 8.37. The minimum atomic E-state index is -0.156. The van der Waals surface area contributed by atoms with E-state index in [1.54, 1.807) is 0 Å². The maximum absolute atomic E-state index is 12.3. The van der Waals surface area contributed by atoms with Crippen molar-refractivity contribution in [3.05, 3.63) is 70.7 Å². The number of fused-ring (bicyclic) bond motifs is 1. The highest BCUT2D eigenvalue weighted by atomic mass is 79.9. The molecule has 1 atom stereocenters. The zero-order valence-corrected chi connectivity index (χ0v) is 16.5. The first kappa shape index (κ1) is 18.5. The van der Waals surface area contributed by atoms with E-state index in [9.17, 15) is 4.79 Å². The number of nitrogens with one attached hydrogen (secondary N) is 1. The summed E-state index contributed by atoms with van der Waals surface area (Å²) in [7, 11) is 0. The molecule has 0 fully saturated rings. The molecule has 0 aliphatic carbocycles. The lowest BCUT2D eigenvalue weighted by Gasteiger charge is -2.16. The summed E-state index contributed by atoms with van der Waals surface area (Å²) < 4.78 is 6.72. The van der Waals surface area contributed by atoms with E-state index >= 15 is 0 Å². The lowest BCUT2D eigenvalue weighted by atomic mass is 9.97. The molecular formula is C22H22BrNO2. The predicted octanol–water partition coefficient (Wildman–Crippen LogP) is 6.13. The Morgan fingerprint density at radius 1 is 1.08 bits per heavy atom. The quantitative estimate of drug-likeness (QED) is 0.529. The molecule has 0 bridgehead atoms. The van der Waals surface area contributed by atoms with E-state index in [1.807, 2.05) is 48.5 Å². The second-order valence-corrected chi connectivity index (χ2v) is 7.30. The summed E-state index contributed by atoms with van der Waals surface area (Å²) in [6.45, 7) is 4.29. The molecule has 0 saturated heterocycles. The minimum Gasteiger partial charge on any atom is -0.484 e. The van der Waals surface area contributed by atoms with Crippen molar-refractivity contribution in [2.45, 2.75) is 26.2 Å². The Balaban J connectivity index is 1.65. The number of carbonyl (C=O) groups excluding carboxylic acids is 1. The van der Waals surface area contributed by atoms with Gasteiger partial charge in [0.05, 0.1) is 0 Å². The van der Waals surface area contributed by atoms with Crippen LogP contribution < -0.4 is 10.1 Å². The van der Waals surface area contributed by atoms with Gasteiger partial charge in [-0.05, 0) is 59.0 Å². The van der Waals surface area contributed by atoms with Crippen LogP contribution in [0.2, 0.25) is 0 Å². The van der Waals surface area contributed by atoms with E-state index in [-0.39, 0.29) is 12.5 Å². The van der Waals surface area contributed by atoms with Crippen molar-refractivity contribution in [1.82, 2.24) is 0 Å². The van der Waals surface area contributed by atoms with Gasteiger partial charge in [0, 0.05) is 10.2 Å². The van der Waals surface area contributed by atoms with Crippen molar-refractivity contribution in [3.63, 3.8) is 0 Å². The van der Waals surface area contributed by atoms with Gasteiger partial charge in [-0.2, -0.15) is 0 Å². The molecule has 4 heteroatoms. The van der Waals surface area contributed by atoms with Gasteiger partial charge in [0.1, 0.15) is 5.75 Å². The Labute approximate surface area is 162 Å². The summed E-state index contributed by atoms with van der Waals surface area (Å²) in [6, 6.07) is 19.8. The van der Waals surface area contributed by atoms with Crippen LogP contribution in [0.1, 0.15) is 31.7 Å². The first-order valence-corrected chi connectivity index (χ1v) is 9.57. The Bertz CT molecular complexity index is 923. The Morgan fingerprint density at radius 3 is 2.62 bits per heavy atom. The summed E-state index contributed by atoms with van der Waals surface area (Å²) in [5.74, 6) is 0.925. The summed E-state index contributed by atoms with van der Waals surface area (Å²) in [6.07, 6.45) is 1.02. The molecule has 0 radical (unpaired) electrons. The van der Waals surface area contributed by atoms with Crippen LogP contribution in [0, 0.1) is 0 Å². The molecule has 134 valence electrons. The molecule has 1 N–H and O–H groups in total. The number of rotatable bonds is 6. The topological polar surface area (TPSA) is 38.3 Å². The molecule has 0 saturated carbocycles. The molecule has 0 heterocycles. The number of benzene rings is 3. The molecule has 3 nitrogen and oxygen atoms in total. The van der Waals surface area contributed by atoms with Gasteiger partial charge in [0.25, 0.3) is 5.91 Å². The number of amides is 1. The third kappa shape index (κ3) is 4.44. The van der Waals surface area contributed by atoms with Crippen molar-refractivity contribution in [2.75, 3.05) is 11.9 Å². The normalized spacial score (nSPS) is 12.0. The lowest BCUT2D eigenvalue weighted by molar-refractivity contribution is -0.118. The van der Waals surface area contributed by atoms with Crippen molar-refractivity contribution >= 4 is 38.3 Å². The average Bonchev–Trinajstić information content (AvgIpc) is 2.66. The summed E-state index contributed by atoms with van der Waals surface area (Å²) in [5, 5.41) is 5.17. The number of halogens is 1. The number of anilines is 1. The highest BCUT2D eigenvalue weighted by molar-refractivity contribution is 9.10. The molecule has 3 rings (SSSR count). The fourth-order valence-electron chi connectivity index (χ4n) is 2.88. The van der Waals surface area contributed by atoms with Gasteiger partial charge >= 0.3 is 0 Å². The van der Waals surface area contributed by atoms with Crippen molar-refractivity contribution < 1.29 is 9.53 Å². The zero-order chi connectivity index (χ0) is 18.5. The minimum absolute atomic E-state index is 0.0170.